The number of rotatable bonds is 7. The van der Waals surface area contributed by atoms with Crippen molar-refractivity contribution < 1.29 is 0 Å². The zero-order valence-electron chi connectivity index (χ0n) is 19.8. The maximum atomic E-state index is 6.14. The monoisotopic (exact) mass is 499 g/mol. The number of nitrogens with one attached hydrogen (secondary N) is 2. The summed E-state index contributed by atoms with van der Waals surface area (Å²) in [4.78, 5) is 22.7. The molecule has 0 radical (unpaired) electrons. The third-order valence-electron chi connectivity index (χ3n) is 5.69. The number of benzene rings is 1. The number of anilines is 4. The van der Waals surface area contributed by atoms with Crippen LogP contribution in [-0.4, -0.2) is 56.3 Å². The molecule has 0 bridgehead atoms. The minimum Gasteiger partial charge on any atom is -0.368 e. The van der Waals surface area contributed by atoms with Crippen molar-refractivity contribution in [2.75, 3.05) is 41.3 Å². The summed E-state index contributed by atoms with van der Waals surface area (Å²) >= 11 is 6.14. The topological polar surface area (TPSA) is 98.8 Å². The number of aromatic nitrogens is 6. The molecule has 0 spiro atoms. The molecule has 9 nitrogen and oxygen atoms in total. The highest BCUT2D eigenvalue weighted by atomic mass is 35.5. The number of allylic oxidation sites excluding steroid dienone is 1. The lowest BCUT2D eigenvalue weighted by molar-refractivity contribution is 0.638. The van der Waals surface area contributed by atoms with E-state index < -0.39 is 0 Å². The van der Waals surface area contributed by atoms with Crippen molar-refractivity contribution in [3.63, 3.8) is 0 Å². The lowest BCUT2D eigenvalue weighted by Crippen LogP contribution is -2.47. The Kier molecular flexibility index (Phi) is 7.18. The summed E-state index contributed by atoms with van der Waals surface area (Å²) in [5, 5.41) is 11.2. The van der Waals surface area contributed by atoms with Gasteiger partial charge in [0.25, 0.3) is 0 Å². The molecule has 0 amide bonds. The summed E-state index contributed by atoms with van der Waals surface area (Å²) < 4.78 is 0. The van der Waals surface area contributed by atoms with Gasteiger partial charge in [0.05, 0.1) is 5.69 Å². The van der Waals surface area contributed by atoms with Gasteiger partial charge in [-0.15, -0.1) is 0 Å². The van der Waals surface area contributed by atoms with Crippen LogP contribution in [0.25, 0.3) is 18.2 Å². The highest BCUT2D eigenvalue weighted by Crippen LogP contribution is 2.21. The second-order valence-corrected chi connectivity index (χ2v) is 8.66. The van der Waals surface area contributed by atoms with E-state index in [4.69, 9.17) is 21.6 Å². The van der Waals surface area contributed by atoms with Crippen molar-refractivity contribution in [3.8, 4) is 0 Å². The molecule has 4 heterocycles. The fourth-order valence-electron chi connectivity index (χ4n) is 3.93. The first kappa shape index (κ1) is 23.5. The normalized spacial score (nSPS) is 14.2. The Morgan fingerprint density at radius 1 is 0.917 bits per heavy atom. The van der Waals surface area contributed by atoms with Gasteiger partial charge in [0.15, 0.2) is 11.6 Å². The van der Waals surface area contributed by atoms with Crippen LogP contribution in [0.4, 0.5) is 23.4 Å². The number of H-pyrrole nitrogens is 1. The average Bonchev–Trinajstić information content (AvgIpc) is 3.35. The summed E-state index contributed by atoms with van der Waals surface area (Å²) in [6.45, 7) is 5.25. The Hall–Kier alpha value is -4.24. The van der Waals surface area contributed by atoms with Gasteiger partial charge in [-0.1, -0.05) is 35.9 Å². The van der Waals surface area contributed by atoms with Gasteiger partial charge in [-0.05, 0) is 48.9 Å². The van der Waals surface area contributed by atoms with E-state index in [2.05, 4.69) is 35.3 Å². The fourth-order valence-corrected chi connectivity index (χ4v) is 4.13. The molecule has 0 unspecified atom stereocenters. The third kappa shape index (κ3) is 5.87. The Bertz CT molecular complexity index is 1360. The van der Waals surface area contributed by atoms with E-state index in [0.717, 1.165) is 37.4 Å². The first-order chi connectivity index (χ1) is 17.7. The van der Waals surface area contributed by atoms with Crippen LogP contribution in [-0.2, 0) is 0 Å². The minimum atomic E-state index is 0.431. The van der Waals surface area contributed by atoms with Crippen molar-refractivity contribution in [1.82, 2.24) is 30.1 Å². The standard InChI is InChI=1S/C26H26ClN9/c1-2-4-21-18-24(34-33-21)30-25-29-23(8-7-19-5-3-6-20(27)17-19)31-26(32-25)36-15-13-35(14-16-36)22-9-11-28-12-10-22/h2-12,17-18H,13-16H2,1H3,(H2,29,30,31,32,33,34)/b4-2+,8-7+. The van der Waals surface area contributed by atoms with Gasteiger partial charge in [-0.25, -0.2) is 0 Å². The number of aromatic amines is 1. The molecule has 1 fully saturated rings. The summed E-state index contributed by atoms with van der Waals surface area (Å²) in [6, 6.07) is 13.6. The van der Waals surface area contributed by atoms with Gasteiger partial charge in [0.2, 0.25) is 11.9 Å². The minimum absolute atomic E-state index is 0.431. The van der Waals surface area contributed by atoms with Crippen LogP contribution in [0.3, 0.4) is 0 Å². The lowest BCUT2D eigenvalue weighted by Gasteiger charge is -2.36. The van der Waals surface area contributed by atoms with Crippen LogP contribution in [0.2, 0.25) is 5.02 Å². The second-order valence-electron chi connectivity index (χ2n) is 8.22. The molecule has 1 saturated heterocycles. The summed E-state index contributed by atoms with van der Waals surface area (Å²) in [5.74, 6) is 2.23. The van der Waals surface area contributed by atoms with Crippen molar-refractivity contribution >= 4 is 53.2 Å². The fraction of sp³-hybridized carbons (Fsp3) is 0.192. The molecule has 0 atom stereocenters. The Morgan fingerprint density at radius 3 is 2.50 bits per heavy atom. The van der Waals surface area contributed by atoms with E-state index in [1.807, 2.05) is 86.1 Å². The molecule has 2 N–H and O–H groups in total. The molecular weight excluding hydrogens is 474 g/mol. The van der Waals surface area contributed by atoms with Gasteiger partial charge in [-0.3, -0.25) is 10.1 Å². The smallest absolute Gasteiger partial charge is 0.233 e. The van der Waals surface area contributed by atoms with E-state index in [9.17, 15) is 0 Å². The number of hydrogen-bond acceptors (Lipinski definition) is 8. The molecule has 10 heteroatoms. The van der Waals surface area contributed by atoms with E-state index >= 15 is 0 Å². The molecule has 1 aromatic carbocycles. The number of piperazine rings is 1. The molecule has 5 rings (SSSR count). The Balaban J connectivity index is 1.39. The zero-order chi connectivity index (χ0) is 24.7. The predicted octanol–water partition coefficient (Wildman–Crippen LogP) is 4.92. The molecular formula is C26H26ClN9. The van der Waals surface area contributed by atoms with Crippen molar-refractivity contribution in [1.29, 1.82) is 0 Å². The quantitative estimate of drug-likeness (QED) is 0.370. The van der Waals surface area contributed by atoms with Crippen LogP contribution in [0.15, 0.2) is 60.9 Å². The molecule has 0 saturated carbocycles. The molecule has 182 valence electrons. The van der Waals surface area contributed by atoms with Gasteiger partial charge in [-0.2, -0.15) is 20.1 Å². The van der Waals surface area contributed by atoms with Gasteiger partial charge in [0.1, 0.15) is 0 Å². The maximum absolute atomic E-state index is 6.14. The lowest BCUT2D eigenvalue weighted by atomic mass is 10.2. The molecule has 3 aromatic heterocycles. The van der Waals surface area contributed by atoms with E-state index in [1.165, 1.54) is 5.69 Å². The van der Waals surface area contributed by atoms with Crippen LogP contribution in [0, 0.1) is 0 Å². The third-order valence-corrected chi connectivity index (χ3v) is 5.92. The number of halogens is 1. The van der Waals surface area contributed by atoms with Crippen molar-refractivity contribution in [2.24, 2.45) is 0 Å². The van der Waals surface area contributed by atoms with Gasteiger partial charge in [0, 0.05) is 55.3 Å². The highest BCUT2D eigenvalue weighted by molar-refractivity contribution is 6.30. The second kappa shape index (κ2) is 11.0. The van der Waals surface area contributed by atoms with Gasteiger partial charge < -0.3 is 15.1 Å². The van der Waals surface area contributed by atoms with Crippen LogP contribution < -0.4 is 15.1 Å². The predicted molar refractivity (Wildman–Crippen MR) is 145 cm³/mol. The zero-order valence-corrected chi connectivity index (χ0v) is 20.6. The largest absolute Gasteiger partial charge is 0.368 e. The number of hydrogen-bond donors (Lipinski definition) is 2. The molecule has 1 aliphatic rings. The maximum Gasteiger partial charge on any atom is 0.233 e. The van der Waals surface area contributed by atoms with Crippen LogP contribution >= 0.6 is 11.6 Å². The van der Waals surface area contributed by atoms with Crippen molar-refractivity contribution in [2.45, 2.75) is 6.92 Å². The Labute approximate surface area is 214 Å². The molecule has 1 aliphatic heterocycles. The number of nitrogens with zero attached hydrogens (tertiary/aromatic N) is 7. The van der Waals surface area contributed by atoms with Crippen LogP contribution in [0.1, 0.15) is 24.0 Å². The first-order valence-corrected chi connectivity index (χ1v) is 12.1. The molecule has 4 aromatic rings. The number of pyridine rings is 1. The highest BCUT2D eigenvalue weighted by Gasteiger charge is 2.21. The van der Waals surface area contributed by atoms with E-state index in [0.29, 0.717) is 28.6 Å². The summed E-state index contributed by atoms with van der Waals surface area (Å²) in [5.41, 5.74) is 3.03. The Morgan fingerprint density at radius 2 is 1.72 bits per heavy atom. The summed E-state index contributed by atoms with van der Waals surface area (Å²) in [6.07, 6.45) is 11.3. The van der Waals surface area contributed by atoms with Crippen molar-refractivity contribution in [3.05, 3.63) is 83.0 Å². The van der Waals surface area contributed by atoms with E-state index in [1.54, 1.807) is 0 Å². The average molecular weight is 500 g/mol. The van der Waals surface area contributed by atoms with E-state index in [-0.39, 0.29) is 0 Å². The van der Waals surface area contributed by atoms with Crippen LogP contribution in [0.5, 0.6) is 0 Å². The molecule has 36 heavy (non-hydrogen) atoms. The molecule has 0 aliphatic carbocycles. The SMILES string of the molecule is C/C=C/c1cc(Nc2nc(/C=C/c3cccc(Cl)c3)nc(N3CCN(c4ccncc4)CC3)n2)n[nH]1. The first-order valence-electron chi connectivity index (χ1n) is 11.7. The van der Waals surface area contributed by atoms with Gasteiger partial charge >= 0.3 is 0 Å². The summed E-state index contributed by atoms with van der Waals surface area (Å²) in [7, 11) is 0.